The topological polar surface area (TPSA) is 0 Å². The van der Waals surface area contributed by atoms with E-state index in [4.69, 9.17) is 0 Å². The minimum atomic E-state index is 1.16. The van der Waals surface area contributed by atoms with Gasteiger partial charge in [-0.15, -0.1) is 0 Å². The number of rotatable bonds is 1. The Morgan fingerprint density at radius 3 is 2.20 bits per heavy atom. The van der Waals surface area contributed by atoms with Crippen molar-refractivity contribution in [2.75, 3.05) is 0 Å². The van der Waals surface area contributed by atoms with E-state index in [1.54, 1.807) is 0 Å². The quantitative estimate of drug-likeness (QED) is 0.454. The first-order valence-electron chi connectivity index (χ1n) is 2.13. The molecule has 0 spiro atoms. The molecule has 0 heterocycles. The molecule has 0 nitrogen and oxygen atoms in total. The van der Waals surface area contributed by atoms with Crippen LogP contribution in [0.25, 0.3) is 0 Å². The molecule has 1 heteroatoms. The molecule has 0 aromatic heterocycles. The van der Waals surface area contributed by atoms with E-state index in [1.807, 2.05) is 16.9 Å². The van der Waals surface area contributed by atoms with Crippen LogP contribution in [-0.2, 0) is 0 Å². The van der Waals surface area contributed by atoms with E-state index >= 15 is 0 Å². The molecule has 5 heavy (non-hydrogen) atoms. The van der Waals surface area contributed by atoms with E-state index in [1.165, 1.54) is 18.1 Å². The minimum absolute atomic E-state index is 1.16. The second-order valence-electron chi connectivity index (χ2n) is 1.68. The van der Waals surface area contributed by atoms with Crippen LogP contribution in [-0.4, -0.2) is 16.9 Å². The number of hydrogen-bond donors (Lipinski definition) is 0. The van der Waals surface area contributed by atoms with Crippen LogP contribution in [0, 0.1) is 5.92 Å². The van der Waals surface area contributed by atoms with Gasteiger partial charge in [-0.25, -0.2) is 0 Å². The predicted molar refractivity (Wildman–Crippen MR) is 26.1 cm³/mol. The van der Waals surface area contributed by atoms with Crippen LogP contribution in [0.5, 0.6) is 0 Å². The van der Waals surface area contributed by atoms with Crippen molar-refractivity contribution in [1.29, 1.82) is 0 Å². The molecule has 0 aromatic rings. The molecule has 0 radical (unpaired) electrons. The van der Waals surface area contributed by atoms with E-state index in [0.29, 0.717) is 0 Å². The van der Waals surface area contributed by atoms with Crippen molar-refractivity contribution in [3.05, 3.63) is 0 Å². The summed E-state index contributed by atoms with van der Waals surface area (Å²) in [5.41, 5.74) is 0. The van der Waals surface area contributed by atoms with Crippen molar-refractivity contribution < 1.29 is 0 Å². The monoisotopic (exact) mass is 132 g/mol. The van der Waals surface area contributed by atoms with Crippen molar-refractivity contribution in [3.8, 4) is 0 Å². The maximum atomic E-state index is 1.89. The Bertz CT molecular complexity index is 30.6. The van der Waals surface area contributed by atoms with Gasteiger partial charge < -0.3 is 0 Å². The zero-order chi connectivity index (χ0) is 3.70. The summed E-state index contributed by atoms with van der Waals surface area (Å²) in [6.07, 6.45) is 3.05. The van der Waals surface area contributed by atoms with Crippen LogP contribution >= 0.6 is 0 Å². The Balaban J connectivity index is 2.00. The fourth-order valence-electron chi connectivity index (χ4n) is 0.354. The van der Waals surface area contributed by atoms with Crippen molar-refractivity contribution in [2.24, 2.45) is 5.92 Å². The molecule has 0 aromatic carbocycles. The molecular weight excluding hydrogens is 123 g/mol. The molecule has 0 amide bonds. The van der Waals surface area contributed by atoms with Crippen molar-refractivity contribution in [3.63, 3.8) is 0 Å². The molecule has 0 N–H and O–H groups in total. The van der Waals surface area contributed by atoms with E-state index in [2.05, 4.69) is 0 Å². The summed E-state index contributed by atoms with van der Waals surface area (Å²) in [5.74, 6) is 1.16. The van der Waals surface area contributed by atoms with Gasteiger partial charge in [-0.3, -0.25) is 0 Å². The normalized spacial score (nSPS) is 23.4. The Morgan fingerprint density at radius 2 is 2.20 bits per heavy atom. The molecular formula is C4H9As. The first kappa shape index (κ1) is 3.74. The average molecular weight is 132 g/mol. The zero-order valence-electron chi connectivity index (χ0n) is 3.28. The molecule has 30 valence electrons. The second-order valence-corrected chi connectivity index (χ2v) is 2.67. The Labute approximate surface area is 41.4 Å². The van der Waals surface area contributed by atoms with Crippen LogP contribution in [0.15, 0.2) is 0 Å². The number of hydrogen-bond acceptors (Lipinski definition) is 0. The molecule has 1 fully saturated rings. The second kappa shape index (κ2) is 1.34. The van der Waals surface area contributed by atoms with E-state index in [0.717, 1.165) is 5.92 Å². The van der Waals surface area contributed by atoms with Gasteiger partial charge in [0.15, 0.2) is 0 Å². The molecule has 1 aliphatic rings. The Kier molecular flexibility index (Phi) is 1.00. The third-order valence-corrected chi connectivity index (χ3v) is 2.43. The summed E-state index contributed by atoms with van der Waals surface area (Å²) in [4.78, 5) is 0. The van der Waals surface area contributed by atoms with Crippen LogP contribution in [0.4, 0.5) is 0 Å². The first-order valence-corrected chi connectivity index (χ1v) is 3.85. The van der Waals surface area contributed by atoms with Gasteiger partial charge in [0, 0.05) is 0 Å². The van der Waals surface area contributed by atoms with Crippen molar-refractivity contribution in [2.45, 2.75) is 18.1 Å². The molecule has 1 unspecified atom stereocenters. The summed E-state index contributed by atoms with van der Waals surface area (Å²) in [6, 6.07) is 0. The fraction of sp³-hybridized carbons (Fsp3) is 1.00. The van der Waals surface area contributed by atoms with Crippen LogP contribution in [0.2, 0.25) is 5.21 Å². The Morgan fingerprint density at radius 1 is 1.60 bits per heavy atom. The van der Waals surface area contributed by atoms with Gasteiger partial charge in [0.05, 0.1) is 0 Å². The first-order chi connectivity index (χ1) is 2.43. The third-order valence-electron chi connectivity index (χ3n) is 1.03. The summed E-state index contributed by atoms with van der Waals surface area (Å²) in [6.45, 7) is 0. The summed E-state index contributed by atoms with van der Waals surface area (Å²) in [7, 11) is 0. The van der Waals surface area contributed by atoms with E-state index in [-0.39, 0.29) is 0 Å². The van der Waals surface area contributed by atoms with Crippen LogP contribution in [0.1, 0.15) is 12.8 Å². The van der Waals surface area contributed by atoms with Crippen LogP contribution < -0.4 is 0 Å². The maximum absolute atomic E-state index is 1.89. The summed E-state index contributed by atoms with van der Waals surface area (Å²) < 4.78 is 0. The molecule has 0 saturated heterocycles. The predicted octanol–water partition coefficient (Wildman–Crippen LogP) is 0.448. The molecule has 0 aliphatic heterocycles. The molecule has 0 bridgehead atoms. The van der Waals surface area contributed by atoms with Gasteiger partial charge in [-0.1, -0.05) is 0 Å². The van der Waals surface area contributed by atoms with Gasteiger partial charge in [0.25, 0.3) is 0 Å². The molecule has 1 saturated carbocycles. The van der Waals surface area contributed by atoms with Gasteiger partial charge in [-0.2, -0.15) is 0 Å². The zero-order valence-corrected chi connectivity index (χ0v) is 5.70. The third kappa shape index (κ3) is 0.966. The molecule has 1 aliphatic carbocycles. The van der Waals surface area contributed by atoms with Gasteiger partial charge >= 0.3 is 40.8 Å². The van der Waals surface area contributed by atoms with E-state index in [9.17, 15) is 0 Å². The average Bonchev–Trinajstić information content (AvgIpc) is 2.12. The SMILES string of the molecule is [AsH2]CC1CC1. The summed E-state index contributed by atoms with van der Waals surface area (Å²) in [5, 5.41) is 1.48. The fourth-order valence-corrected chi connectivity index (χ4v) is 1.34. The molecule has 1 rings (SSSR count). The standard InChI is InChI=1S/C4H9As/c5-3-4-1-2-4/h4H,1-3,5H2. The Hall–Kier alpha value is 0.558. The van der Waals surface area contributed by atoms with Crippen LogP contribution in [0.3, 0.4) is 0 Å². The van der Waals surface area contributed by atoms with Crippen molar-refractivity contribution >= 4 is 16.9 Å². The van der Waals surface area contributed by atoms with Gasteiger partial charge in [0.2, 0.25) is 0 Å². The van der Waals surface area contributed by atoms with E-state index < -0.39 is 0 Å². The van der Waals surface area contributed by atoms with Gasteiger partial charge in [-0.05, 0) is 0 Å². The summed E-state index contributed by atoms with van der Waals surface area (Å²) >= 11 is 1.89. The van der Waals surface area contributed by atoms with Crippen molar-refractivity contribution in [1.82, 2.24) is 0 Å². The molecule has 1 atom stereocenters. The van der Waals surface area contributed by atoms with Gasteiger partial charge in [0.1, 0.15) is 0 Å².